The van der Waals surface area contributed by atoms with Crippen LogP contribution < -0.4 is 10.2 Å². The predicted octanol–water partition coefficient (Wildman–Crippen LogP) is 5.95. The van der Waals surface area contributed by atoms with Gasteiger partial charge in [0.1, 0.15) is 5.52 Å². The van der Waals surface area contributed by atoms with Crippen LogP contribution >= 0.6 is 0 Å². The highest BCUT2D eigenvalue weighted by Gasteiger charge is 2.34. The van der Waals surface area contributed by atoms with Gasteiger partial charge < -0.3 is 19.5 Å². The van der Waals surface area contributed by atoms with Gasteiger partial charge in [0.25, 0.3) is 0 Å². The summed E-state index contributed by atoms with van der Waals surface area (Å²) in [5, 5.41) is 8.66. The van der Waals surface area contributed by atoms with Crippen LogP contribution in [0.4, 0.5) is 17.1 Å². The number of carbonyl (C=O) groups excluding carboxylic acids is 2. The van der Waals surface area contributed by atoms with Gasteiger partial charge in [-0.25, -0.2) is 4.79 Å². The number of hydrogen-bond acceptors (Lipinski definition) is 7. The number of aromatic nitrogens is 1. The molecule has 0 spiro atoms. The molecule has 0 bridgehead atoms. The summed E-state index contributed by atoms with van der Waals surface area (Å²) >= 11 is 0. The van der Waals surface area contributed by atoms with Crippen molar-refractivity contribution in [1.29, 1.82) is 0 Å². The Hall–Kier alpha value is -4.13. The van der Waals surface area contributed by atoms with Gasteiger partial charge in [-0.05, 0) is 56.5 Å². The van der Waals surface area contributed by atoms with E-state index in [9.17, 15) is 9.59 Å². The van der Waals surface area contributed by atoms with Gasteiger partial charge in [0.2, 0.25) is 0 Å². The summed E-state index contributed by atoms with van der Waals surface area (Å²) in [5.74, 6) is 0.171. The summed E-state index contributed by atoms with van der Waals surface area (Å²) in [6.07, 6.45) is 3.41. The number of fused-ring (bicyclic) bond motifs is 2. The summed E-state index contributed by atoms with van der Waals surface area (Å²) in [4.78, 5) is 28.0. The minimum atomic E-state index is -0.393. The fourth-order valence-corrected chi connectivity index (χ4v) is 5.28. The molecule has 1 unspecified atom stereocenters. The van der Waals surface area contributed by atoms with E-state index in [4.69, 9.17) is 9.26 Å². The number of ketones is 1. The van der Waals surface area contributed by atoms with E-state index in [2.05, 4.69) is 22.3 Å². The molecule has 176 valence electrons. The molecule has 0 saturated carbocycles. The van der Waals surface area contributed by atoms with E-state index in [0.717, 1.165) is 47.2 Å². The molecule has 1 aromatic heterocycles. The Kier molecular flexibility index (Phi) is 5.06. The lowest BCUT2D eigenvalue weighted by atomic mass is 9.86. The highest BCUT2D eigenvalue weighted by atomic mass is 16.5. The molecule has 1 saturated heterocycles. The molecule has 1 aliphatic heterocycles. The quantitative estimate of drug-likeness (QED) is 0.327. The van der Waals surface area contributed by atoms with Crippen molar-refractivity contribution in [3.63, 3.8) is 0 Å². The highest BCUT2D eigenvalue weighted by Crippen LogP contribution is 2.47. The van der Waals surface area contributed by atoms with Gasteiger partial charge in [0.15, 0.2) is 11.5 Å². The molecule has 7 heteroatoms. The van der Waals surface area contributed by atoms with Crippen LogP contribution in [0, 0.1) is 0 Å². The van der Waals surface area contributed by atoms with Gasteiger partial charge in [-0.1, -0.05) is 29.4 Å². The number of nitrogens with one attached hydrogen (secondary N) is 1. The van der Waals surface area contributed by atoms with Crippen molar-refractivity contribution >= 4 is 39.7 Å². The summed E-state index contributed by atoms with van der Waals surface area (Å²) in [7, 11) is 1.36. The Morgan fingerprint density at radius 2 is 1.89 bits per heavy atom. The lowest BCUT2D eigenvalue weighted by Gasteiger charge is -2.36. The molecular weight excluding hydrogens is 442 g/mol. The van der Waals surface area contributed by atoms with Gasteiger partial charge in [-0.2, -0.15) is 0 Å². The molecule has 7 nitrogen and oxygen atoms in total. The van der Waals surface area contributed by atoms with Crippen LogP contribution in [0.2, 0.25) is 0 Å². The zero-order valence-electron chi connectivity index (χ0n) is 19.6. The van der Waals surface area contributed by atoms with E-state index in [1.54, 1.807) is 12.1 Å². The number of nitrogens with zero attached hydrogens (tertiary/aromatic N) is 2. The maximum absolute atomic E-state index is 13.8. The standard InChI is InChI=1S/C28H25N3O4/c1-16-7-5-6-14-31(16)22-15-21(29-18-12-10-17(11-13-18)28(33)34-2)23-24-25(22)30-35-27(24)20-9-4-3-8-19(20)26(23)32/h3-4,8-13,15-16,29H,5-7,14H2,1-2H3. The molecule has 6 rings (SSSR count). The van der Waals surface area contributed by atoms with Crippen molar-refractivity contribution in [2.45, 2.75) is 32.2 Å². The second-order valence-corrected chi connectivity index (χ2v) is 9.16. The number of esters is 1. The normalized spacial score (nSPS) is 16.8. The lowest BCUT2D eigenvalue weighted by Crippen LogP contribution is -2.37. The number of ether oxygens (including phenoxy) is 1. The molecule has 2 heterocycles. The second kappa shape index (κ2) is 8.27. The maximum atomic E-state index is 13.8. The largest absolute Gasteiger partial charge is 0.465 e. The van der Waals surface area contributed by atoms with Crippen LogP contribution in [-0.2, 0) is 4.74 Å². The molecule has 1 aliphatic carbocycles. The van der Waals surface area contributed by atoms with Crippen LogP contribution in [-0.4, -0.2) is 36.6 Å². The van der Waals surface area contributed by atoms with Crippen molar-refractivity contribution in [3.05, 3.63) is 71.3 Å². The SMILES string of the molecule is COC(=O)c1ccc(Nc2cc(N3CCCCC3C)c3noc4c3c2C(=O)c2ccccc2-4)cc1. The fourth-order valence-electron chi connectivity index (χ4n) is 5.28. The van der Waals surface area contributed by atoms with Crippen molar-refractivity contribution in [2.75, 3.05) is 23.9 Å². The monoisotopic (exact) mass is 467 g/mol. The van der Waals surface area contributed by atoms with Crippen molar-refractivity contribution in [3.8, 4) is 11.3 Å². The molecule has 0 amide bonds. The third-order valence-corrected chi connectivity index (χ3v) is 7.08. The summed E-state index contributed by atoms with van der Waals surface area (Å²) < 4.78 is 10.7. The first kappa shape index (κ1) is 21.4. The predicted molar refractivity (Wildman–Crippen MR) is 135 cm³/mol. The number of anilines is 3. The summed E-state index contributed by atoms with van der Waals surface area (Å²) in [5.41, 5.74) is 5.52. The maximum Gasteiger partial charge on any atom is 0.337 e. The average Bonchev–Trinajstić information content (AvgIpc) is 3.33. The molecule has 3 aromatic carbocycles. The second-order valence-electron chi connectivity index (χ2n) is 9.16. The lowest BCUT2D eigenvalue weighted by molar-refractivity contribution is 0.0600. The number of carbonyl (C=O) groups is 2. The van der Waals surface area contributed by atoms with E-state index in [1.807, 2.05) is 42.5 Å². The van der Waals surface area contributed by atoms with Crippen molar-refractivity contribution in [2.24, 2.45) is 0 Å². The van der Waals surface area contributed by atoms with E-state index in [1.165, 1.54) is 13.5 Å². The van der Waals surface area contributed by atoms with Gasteiger partial charge in [-0.3, -0.25) is 4.79 Å². The Morgan fingerprint density at radius 3 is 2.63 bits per heavy atom. The first-order valence-electron chi connectivity index (χ1n) is 11.9. The fraction of sp³-hybridized carbons (Fsp3) is 0.250. The molecule has 1 fully saturated rings. The number of piperidine rings is 1. The molecule has 1 N–H and O–H groups in total. The van der Waals surface area contributed by atoms with Gasteiger partial charge in [-0.15, -0.1) is 0 Å². The Balaban J connectivity index is 1.54. The van der Waals surface area contributed by atoms with Crippen LogP contribution in [0.15, 0.2) is 59.1 Å². The Labute approximate surface area is 202 Å². The summed E-state index contributed by atoms with van der Waals surface area (Å²) in [6, 6.07) is 16.9. The number of rotatable bonds is 4. The van der Waals surface area contributed by atoms with Crippen molar-refractivity contribution in [1.82, 2.24) is 5.16 Å². The Morgan fingerprint density at radius 1 is 1.11 bits per heavy atom. The van der Waals surface area contributed by atoms with E-state index >= 15 is 0 Å². The molecule has 1 atom stereocenters. The topological polar surface area (TPSA) is 84.7 Å². The third-order valence-electron chi connectivity index (χ3n) is 7.08. The van der Waals surface area contributed by atoms with Crippen LogP contribution in [0.5, 0.6) is 0 Å². The molecular formula is C28H25N3O4. The highest BCUT2D eigenvalue weighted by molar-refractivity contribution is 6.28. The van der Waals surface area contributed by atoms with E-state index < -0.39 is 5.97 Å². The van der Waals surface area contributed by atoms with Gasteiger partial charge >= 0.3 is 5.97 Å². The zero-order valence-corrected chi connectivity index (χ0v) is 19.6. The minimum absolute atomic E-state index is 0.0618. The first-order chi connectivity index (χ1) is 17.1. The van der Waals surface area contributed by atoms with Gasteiger partial charge in [0, 0.05) is 29.4 Å². The van der Waals surface area contributed by atoms with E-state index in [0.29, 0.717) is 34.2 Å². The van der Waals surface area contributed by atoms with Crippen LogP contribution in [0.25, 0.3) is 22.2 Å². The number of benzene rings is 3. The molecule has 2 aliphatic rings. The van der Waals surface area contributed by atoms with Crippen LogP contribution in [0.1, 0.15) is 52.5 Å². The smallest absolute Gasteiger partial charge is 0.337 e. The Bertz CT molecular complexity index is 1470. The number of methoxy groups -OCH3 is 1. The molecule has 0 radical (unpaired) electrons. The van der Waals surface area contributed by atoms with Crippen molar-refractivity contribution < 1.29 is 18.8 Å². The zero-order chi connectivity index (χ0) is 24.1. The van der Waals surface area contributed by atoms with Gasteiger partial charge in [0.05, 0.1) is 35.0 Å². The molecule has 4 aromatic rings. The molecule has 35 heavy (non-hydrogen) atoms. The third kappa shape index (κ3) is 3.38. The first-order valence-corrected chi connectivity index (χ1v) is 11.9. The summed E-state index contributed by atoms with van der Waals surface area (Å²) in [6.45, 7) is 3.15. The van der Waals surface area contributed by atoms with Crippen LogP contribution in [0.3, 0.4) is 0 Å². The van der Waals surface area contributed by atoms with E-state index in [-0.39, 0.29) is 5.78 Å². The number of hydrogen-bond donors (Lipinski definition) is 1. The average molecular weight is 468 g/mol. The minimum Gasteiger partial charge on any atom is -0.465 e.